The van der Waals surface area contributed by atoms with Crippen LogP contribution in [0.1, 0.15) is 35.7 Å². The van der Waals surface area contributed by atoms with Crippen molar-refractivity contribution in [2.24, 2.45) is 0 Å². The second kappa shape index (κ2) is 6.08. The molecule has 1 aromatic carbocycles. The highest BCUT2D eigenvalue weighted by Crippen LogP contribution is 2.31. The number of aromatic nitrogens is 2. The topological polar surface area (TPSA) is 98.8 Å². The van der Waals surface area contributed by atoms with Gasteiger partial charge in [0.2, 0.25) is 0 Å². The number of benzene rings is 1. The van der Waals surface area contributed by atoms with Gasteiger partial charge in [-0.25, -0.2) is 0 Å². The van der Waals surface area contributed by atoms with Crippen molar-refractivity contribution in [3.8, 4) is 6.07 Å². The SMILES string of the molecule is Cc1cc([C@@H]2CCCN(c3ccc([N+](=O)[O-])c(C#N)c3)C2)n[nH]1. The molecule has 7 nitrogen and oxygen atoms in total. The van der Waals surface area contributed by atoms with Crippen molar-refractivity contribution in [2.45, 2.75) is 25.7 Å². The summed E-state index contributed by atoms with van der Waals surface area (Å²) in [6, 6.07) is 8.72. The Morgan fingerprint density at radius 2 is 2.30 bits per heavy atom. The van der Waals surface area contributed by atoms with Crippen LogP contribution in [0, 0.1) is 28.4 Å². The summed E-state index contributed by atoms with van der Waals surface area (Å²) in [6.07, 6.45) is 2.09. The van der Waals surface area contributed by atoms with Crippen LogP contribution >= 0.6 is 0 Å². The minimum Gasteiger partial charge on any atom is -0.371 e. The zero-order valence-corrected chi connectivity index (χ0v) is 12.8. The number of nitrogens with one attached hydrogen (secondary N) is 1. The molecule has 1 aromatic heterocycles. The Labute approximate surface area is 133 Å². The molecular formula is C16H17N5O2. The maximum atomic E-state index is 10.9. The summed E-state index contributed by atoms with van der Waals surface area (Å²) in [5, 5.41) is 27.4. The number of nitro groups is 1. The number of piperidine rings is 1. The minimum absolute atomic E-state index is 0.102. The van der Waals surface area contributed by atoms with E-state index in [9.17, 15) is 10.1 Å². The van der Waals surface area contributed by atoms with Crippen molar-refractivity contribution >= 4 is 11.4 Å². The first-order valence-electron chi connectivity index (χ1n) is 7.54. The van der Waals surface area contributed by atoms with E-state index in [1.165, 1.54) is 6.07 Å². The van der Waals surface area contributed by atoms with E-state index in [-0.39, 0.29) is 11.3 Å². The van der Waals surface area contributed by atoms with Crippen LogP contribution in [0.2, 0.25) is 0 Å². The van der Waals surface area contributed by atoms with E-state index >= 15 is 0 Å². The molecule has 1 N–H and O–H groups in total. The van der Waals surface area contributed by atoms with Gasteiger partial charge in [-0.05, 0) is 38.0 Å². The van der Waals surface area contributed by atoms with Gasteiger partial charge in [0.15, 0.2) is 0 Å². The summed E-state index contributed by atoms with van der Waals surface area (Å²) in [7, 11) is 0. The van der Waals surface area contributed by atoms with Gasteiger partial charge in [-0.15, -0.1) is 0 Å². The van der Waals surface area contributed by atoms with Crippen LogP contribution in [-0.4, -0.2) is 28.2 Å². The molecule has 2 heterocycles. The summed E-state index contributed by atoms with van der Waals surface area (Å²) in [5.41, 5.74) is 2.90. The summed E-state index contributed by atoms with van der Waals surface area (Å²) in [4.78, 5) is 12.6. The molecule has 1 atom stereocenters. The third kappa shape index (κ3) is 3.01. The molecule has 0 unspecified atom stereocenters. The van der Waals surface area contributed by atoms with Crippen molar-refractivity contribution in [2.75, 3.05) is 18.0 Å². The standard InChI is InChI=1S/C16H17N5O2/c1-11-7-15(19-18-11)12-3-2-6-20(10-12)14-4-5-16(21(22)23)13(8-14)9-17/h4-5,7-8,12H,2-3,6,10H2,1H3,(H,18,19)/t12-/m1/s1. The quantitative estimate of drug-likeness (QED) is 0.694. The lowest BCUT2D eigenvalue weighted by atomic mass is 9.94. The fourth-order valence-corrected chi connectivity index (χ4v) is 3.07. The normalized spacial score (nSPS) is 17.7. The predicted octanol–water partition coefficient (Wildman–Crippen LogP) is 2.88. The number of aromatic amines is 1. The number of H-pyrrole nitrogens is 1. The first kappa shape index (κ1) is 15.0. The number of nitriles is 1. The first-order valence-corrected chi connectivity index (χ1v) is 7.54. The molecule has 1 aliphatic heterocycles. The Kier molecular flexibility index (Phi) is 3.98. The maximum Gasteiger partial charge on any atom is 0.287 e. The molecule has 0 amide bonds. The van der Waals surface area contributed by atoms with Gasteiger partial charge in [-0.1, -0.05) is 0 Å². The molecule has 23 heavy (non-hydrogen) atoms. The third-order valence-corrected chi connectivity index (χ3v) is 4.23. The van der Waals surface area contributed by atoms with Gasteiger partial charge in [-0.3, -0.25) is 15.2 Å². The monoisotopic (exact) mass is 311 g/mol. The number of rotatable bonds is 3. The average molecular weight is 311 g/mol. The summed E-state index contributed by atoms with van der Waals surface area (Å²) in [6.45, 7) is 3.65. The molecule has 0 aliphatic carbocycles. The van der Waals surface area contributed by atoms with E-state index in [4.69, 9.17) is 5.26 Å². The lowest BCUT2D eigenvalue weighted by Crippen LogP contribution is -2.34. The molecule has 1 aliphatic rings. The van der Waals surface area contributed by atoms with Crippen molar-refractivity contribution < 1.29 is 4.92 Å². The van der Waals surface area contributed by atoms with Crippen LogP contribution in [0.4, 0.5) is 11.4 Å². The molecule has 3 rings (SSSR count). The summed E-state index contributed by atoms with van der Waals surface area (Å²) in [5.74, 6) is 0.328. The largest absolute Gasteiger partial charge is 0.371 e. The van der Waals surface area contributed by atoms with E-state index < -0.39 is 4.92 Å². The third-order valence-electron chi connectivity index (χ3n) is 4.23. The van der Waals surface area contributed by atoms with Crippen molar-refractivity contribution in [3.63, 3.8) is 0 Å². The van der Waals surface area contributed by atoms with Gasteiger partial charge in [0.1, 0.15) is 11.6 Å². The molecule has 0 bridgehead atoms. The Morgan fingerprint density at radius 1 is 1.48 bits per heavy atom. The van der Waals surface area contributed by atoms with Crippen LogP contribution in [0.15, 0.2) is 24.3 Å². The Bertz CT molecular complexity index is 777. The second-order valence-electron chi connectivity index (χ2n) is 5.83. The van der Waals surface area contributed by atoms with Crippen LogP contribution in [0.3, 0.4) is 0 Å². The summed E-state index contributed by atoms with van der Waals surface area (Å²) < 4.78 is 0. The van der Waals surface area contributed by atoms with Crippen LogP contribution in [-0.2, 0) is 0 Å². The molecule has 2 aromatic rings. The van der Waals surface area contributed by atoms with Gasteiger partial charge in [0, 0.05) is 36.5 Å². The second-order valence-corrected chi connectivity index (χ2v) is 5.83. The number of aryl methyl sites for hydroxylation is 1. The van der Waals surface area contributed by atoms with Gasteiger partial charge in [0.25, 0.3) is 5.69 Å². The number of nitrogens with zero attached hydrogens (tertiary/aromatic N) is 4. The van der Waals surface area contributed by atoms with Crippen molar-refractivity contribution in [1.29, 1.82) is 5.26 Å². The van der Waals surface area contributed by atoms with Crippen LogP contribution < -0.4 is 4.90 Å². The lowest BCUT2D eigenvalue weighted by molar-refractivity contribution is -0.385. The van der Waals surface area contributed by atoms with Crippen molar-refractivity contribution in [1.82, 2.24) is 10.2 Å². The molecule has 0 spiro atoms. The molecule has 0 saturated carbocycles. The zero-order valence-electron chi connectivity index (χ0n) is 12.8. The molecular weight excluding hydrogens is 294 g/mol. The van der Waals surface area contributed by atoms with E-state index in [1.54, 1.807) is 12.1 Å². The zero-order chi connectivity index (χ0) is 16.4. The molecule has 1 saturated heterocycles. The number of hydrogen-bond donors (Lipinski definition) is 1. The first-order chi connectivity index (χ1) is 11.1. The van der Waals surface area contributed by atoms with E-state index in [1.807, 2.05) is 13.0 Å². The highest BCUT2D eigenvalue weighted by molar-refractivity contribution is 5.60. The maximum absolute atomic E-state index is 10.9. The van der Waals surface area contributed by atoms with Gasteiger partial charge < -0.3 is 4.90 Å². The van der Waals surface area contributed by atoms with Crippen molar-refractivity contribution in [3.05, 3.63) is 51.3 Å². The lowest BCUT2D eigenvalue weighted by Gasteiger charge is -2.33. The van der Waals surface area contributed by atoms with Gasteiger partial charge >= 0.3 is 0 Å². The van der Waals surface area contributed by atoms with Gasteiger partial charge in [-0.2, -0.15) is 10.4 Å². The Balaban J connectivity index is 1.84. The molecule has 1 fully saturated rings. The highest BCUT2D eigenvalue weighted by atomic mass is 16.6. The van der Waals surface area contributed by atoms with Gasteiger partial charge in [0.05, 0.1) is 10.6 Å². The number of anilines is 1. The van der Waals surface area contributed by atoms with E-state index in [2.05, 4.69) is 21.2 Å². The van der Waals surface area contributed by atoms with Crippen LogP contribution in [0.5, 0.6) is 0 Å². The smallest absolute Gasteiger partial charge is 0.287 e. The molecule has 7 heteroatoms. The van der Waals surface area contributed by atoms with Crippen LogP contribution in [0.25, 0.3) is 0 Å². The van der Waals surface area contributed by atoms with E-state index in [0.717, 1.165) is 43.0 Å². The molecule has 0 radical (unpaired) electrons. The average Bonchev–Trinajstić information content (AvgIpc) is 3.01. The Hall–Kier alpha value is -2.88. The fourth-order valence-electron chi connectivity index (χ4n) is 3.07. The predicted molar refractivity (Wildman–Crippen MR) is 85.3 cm³/mol. The summed E-state index contributed by atoms with van der Waals surface area (Å²) >= 11 is 0. The van der Waals surface area contributed by atoms with E-state index in [0.29, 0.717) is 5.92 Å². The Morgan fingerprint density at radius 3 is 2.96 bits per heavy atom. The molecule has 118 valence electrons. The number of nitro benzene ring substituents is 1. The highest BCUT2D eigenvalue weighted by Gasteiger charge is 2.24. The number of hydrogen-bond acceptors (Lipinski definition) is 5. The minimum atomic E-state index is -0.520. The fraction of sp³-hybridized carbons (Fsp3) is 0.375.